The highest BCUT2D eigenvalue weighted by Gasteiger charge is 2.01. The van der Waals surface area contributed by atoms with E-state index in [-0.39, 0.29) is 5.75 Å². The molecule has 2 aromatic rings. The van der Waals surface area contributed by atoms with Crippen molar-refractivity contribution in [3.8, 4) is 5.75 Å². The fourth-order valence-corrected chi connectivity index (χ4v) is 1.14. The highest BCUT2D eigenvalue weighted by atomic mass is 19.1. The lowest BCUT2D eigenvalue weighted by Crippen LogP contribution is -1.80. The van der Waals surface area contributed by atoms with Gasteiger partial charge in [0.1, 0.15) is 17.1 Å². The van der Waals surface area contributed by atoms with Gasteiger partial charge in [-0.3, -0.25) is 4.98 Å². The quantitative estimate of drug-likeness (QED) is 0.645. The minimum absolute atomic E-state index is 0.120. The first-order chi connectivity index (χ1) is 5.77. The average Bonchev–Trinajstić information content (AvgIpc) is 2.04. The summed E-state index contributed by atoms with van der Waals surface area (Å²) in [5.74, 6) is -0.571. The lowest BCUT2D eigenvalue weighted by Gasteiger charge is -1.98. The minimum atomic E-state index is -0.451. The molecule has 1 aromatic carbocycles. The number of hydrogen-bond acceptors (Lipinski definition) is 2. The minimum Gasteiger partial charge on any atom is -0.506 e. The lowest BCUT2D eigenvalue weighted by molar-refractivity contribution is 0.474. The molecule has 3 heteroatoms. The molecule has 0 aliphatic heterocycles. The van der Waals surface area contributed by atoms with E-state index in [0.29, 0.717) is 10.9 Å². The van der Waals surface area contributed by atoms with Crippen LogP contribution in [0.25, 0.3) is 10.9 Å². The van der Waals surface area contributed by atoms with E-state index in [0.717, 1.165) is 6.07 Å². The van der Waals surface area contributed by atoms with E-state index in [9.17, 15) is 9.50 Å². The van der Waals surface area contributed by atoms with Crippen LogP contribution in [0.5, 0.6) is 5.75 Å². The second kappa shape index (κ2) is 2.44. The Balaban J connectivity index is 2.89. The maximum atomic E-state index is 12.7. The van der Waals surface area contributed by atoms with Crippen molar-refractivity contribution in [1.82, 2.24) is 4.98 Å². The van der Waals surface area contributed by atoms with Crippen LogP contribution >= 0.6 is 0 Å². The number of phenols is 1. The summed E-state index contributed by atoms with van der Waals surface area (Å²) in [6, 6.07) is 5.78. The molecule has 0 unspecified atom stereocenters. The number of fused-ring (bicyclic) bond motifs is 1. The summed E-state index contributed by atoms with van der Waals surface area (Å²) in [5.41, 5.74) is 0.430. The Hall–Kier alpha value is -1.64. The van der Waals surface area contributed by atoms with Gasteiger partial charge in [0, 0.05) is 17.6 Å². The zero-order valence-corrected chi connectivity index (χ0v) is 6.16. The van der Waals surface area contributed by atoms with Crippen LogP contribution in [0.3, 0.4) is 0 Å². The standard InChI is InChI=1S/C9H6FNO/c10-7-4-6-2-1-3-11-9(6)8(12)5-7/h1-5,12H. The van der Waals surface area contributed by atoms with Gasteiger partial charge < -0.3 is 5.11 Å². The predicted molar refractivity (Wildman–Crippen MR) is 43.4 cm³/mol. The van der Waals surface area contributed by atoms with E-state index in [4.69, 9.17) is 0 Å². The summed E-state index contributed by atoms with van der Waals surface area (Å²) in [6.45, 7) is 0. The van der Waals surface area contributed by atoms with Crippen LogP contribution in [-0.2, 0) is 0 Å². The predicted octanol–water partition coefficient (Wildman–Crippen LogP) is 2.08. The molecule has 0 saturated heterocycles. The number of benzene rings is 1. The Bertz CT molecular complexity index is 428. The zero-order valence-electron chi connectivity index (χ0n) is 6.16. The molecule has 0 saturated carbocycles. The molecule has 1 aromatic heterocycles. The second-order valence-corrected chi connectivity index (χ2v) is 2.50. The van der Waals surface area contributed by atoms with Gasteiger partial charge in [-0.1, -0.05) is 6.07 Å². The molecule has 0 radical (unpaired) electrons. The Kier molecular flexibility index (Phi) is 1.43. The average molecular weight is 163 g/mol. The first-order valence-corrected chi connectivity index (χ1v) is 3.50. The second-order valence-electron chi connectivity index (χ2n) is 2.50. The third kappa shape index (κ3) is 0.993. The van der Waals surface area contributed by atoms with Gasteiger partial charge in [-0.15, -0.1) is 0 Å². The highest BCUT2D eigenvalue weighted by molar-refractivity contribution is 5.83. The summed E-state index contributed by atoms with van der Waals surface area (Å²) in [7, 11) is 0. The highest BCUT2D eigenvalue weighted by Crippen LogP contribution is 2.22. The van der Waals surface area contributed by atoms with E-state index in [2.05, 4.69) is 4.98 Å². The van der Waals surface area contributed by atoms with Crippen molar-refractivity contribution in [3.63, 3.8) is 0 Å². The number of aromatic nitrogens is 1. The van der Waals surface area contributed by atoms with E-state index >= 15 is 0 Å². The topological polar surface area (TPSA) is 33.1 Å². The zero-order chi connectivity index (χ0) is 8.55. The van der Waals surface area contributed by atoms with Crippen LogP contribution in [-0.4, -0.2) is 10.1 Å². The number of nitrogens with zero attached hydrogens (tertiary/aromatic N) is 1. The van der Waals surface area contributed by atoms with Gasteiger partial charge in [-0.2, -0.15) is 0 Å². The molecule has 0 aliphatic rings. The van der Waals surface area contributed by atoms with Crippen molar-refractivity contribution < 1.29 is 9.50 Å². The first kappa shape index (κ1) is 7.03. The fraction of sp³-hybridized carbons (Fsp3) is 0. The Morgan fingerprint density at radius 1 is 1.33 bits per heavy atom. The van der Waals surface area contributed by atoms with Crippen LogP contribution in [0.15, 0.2) is 30.5 Å². The van der Waals surface area contributed by atoms with Crippen molar-refractivity contribution in [1.29, 1.82) is 0 Å². The molecule has 0 bridgehead atoms. The van der Waals surface area contributed by atoms with Crippen LogP contribution in [0.2, 0.25) is 0 Å². The fourth-order valence-electron chi connectivity index (χ4n) is 1.14. The molecule has 1 N–H and O–H groups in total. The van der Waals surface area contributed by atoms with E-state index < -0.39 is 5.82 Å². The Morgan fingerprint density at radius 3 is 3.00 bits per heavy atom. The van der Waals surface area contributed by atoms with Crippen LogP contribution in [0, 0.1) is 5.82 Å². The molecular weight excluding hydrogens is 157 g/mol. The van der Waals surface area contributed by atoms with E-state index in [1.807, 2.05) is 0 Å². The summed E-state index contributed by atoms with van der Waals surface area (Å²) >= 11 is 0. The largest absolute Gasteiger partial charge is 0.506 e. The van der Waals surface area contributed by atoms with Gasteiger partial charge in [0.05, 0.1) is 0 Å². The third-order valence-electron chi connectivity index (χ3n) is 1.65. The SMILES string of the molecule is Oc1cc(F)cc2cccnc12. The van der Waals surface area contributed by atoms with Crippen LogP contribution in [0.1, 0.15) is 0 Å². The van der Waals surface area contributed by atoms with Crippen molar-refractivity contribution in [2.45, 2.75) is 0 Å². The normalized spacial score (nSPS) is 10.4. The Labute approximate surface area is 68.3 Å². The van der Waals surface area contributed by atoms with E-state index in [1.165, 1.54) is 6.07 Å². The molecule has 1 heterocycles. The molecule has 0 fully saturated rings. The Morgan fingerprint density at radius 2 is 2.17 bits per heavy atom. The first-order valence-electron chi connectivity index (χ1n) is 3.50. The number of aromatic hydroxyl groups is 1. The van der Waals surface area contributed by atoms with Gasteiger partial charge in [0.2, 0.25) is 0 Å². The van der Waals surface area contributed by atoms with Gasteiger partial charge in [-0.25, -0.2) is 4.39 Å². The van der Waals surface area contributed by atoms with Crippen molar-refractivity contribution >= 4 is 10.9 Å². The van der Waals surface area contributed by atoms with Gasteiger partial charge in [0.15, 0.2) is 0 Å². The molecule has 0 amide bonds. The summed E-state index contributed by atoms with van der Waals surface area (Å²) in [5, 5.41) is 9.86. The maximum Gasteiger partial charge on any atom is 0.144 e. The molecular formula is C9H6FNO. The van der Waals surface area contributed by atoms with Crippen LogP contribution < -0.4 is 0 Å². The monoisotopic (exact) mass is 163 g/mol. The molecule has 0 aliphatic carbocycles. The van der Waals surface area contributed by atoms with Gasteiger partial charge in [0.25, 0.3) is 0 Å². The number of pyridine rings is 1. The molecule has 0 spiro atoms. The summed E-state index contributed by atoms with van der Waals surface area (Å²) in [6.07, 6.45) is 1.56. The smallest absolute Gasteiger partial charge is 0.144 e. The van der Waals surface area contributed by atoms with Crippen molar-refractivity contribution in [3.05, 3.63) is 36.3 Å². The third-order valence-corrected chi connectivity index (χ3v) is 1.65. The van der Waals surface area contributed by atoms with Gasteiger partial charge in [-0.05, 0) is 12.1 Å². The van der Waals surface area contributed by atoms with Crippen molar-refractivity contribution in [2.75, 3.05) is 0 Å². The maximum absolute atomic E-state index is 12.7. The lowest BCUT2D eigenvalue weighted by atomic mass is 10.2. The summed E-state index contributed by atoms with van der Waals surface area (Å²) < 4.78 is 12.7. The molecule has 60 valence electrons. The number of phenolic OH excluding ortho intramolecular Hbond substituents is 1. The molecule has 0 atom stereocenters. The molecule has 12 heavy (non-hydrogen) atoms. The van der Waals surface area contributed by atoms with Gasteiger partial charge >= 0.3 is 0 Å². The number of hydrogen-bond donors (Lipinski definition) is 1. The summed E-state index contributed by atoms with van der Waals surface area (Å²) in [4.78, 5) is 3.91. The molecule has 2 nitrogen and oxygen atoms in total. The van der Waals surface area contributed by atoms with Crippen molar-refractivity contribution in [2.24, 2.45) is 0 Å². The van der Waals surface area contributed by atoms with Crippen LogP contribution in [0.4, 0.5) is 4.39 Å². The van der Waals surface area contributed by atoms with E-state index in [1.54, 1.807) is 18.3 Å². The number of halogens is 1. The number of rotatable bonds is 0. The molecule has 2 rings (SSSR count).